The van der Waals surface area contributed by atoms with Gasteiger partial charge in [0, 0.05) is 50.6 Å². The molecule has 3 heteroatoms. The van der Waals surface area contributed by atoms with Crippen molar-refractivity contribution in [3.05, 3.63) is 59.2 Å². The summed E-state index contributed by atoms with van der Waals surface area (Å²) in [5.41, 5.74) is 7.04. The number of fused-ring (bicyclic) bond motifs is 1. The number of aryl methyl sites for hydroxylation is 1. The summed E-state index contributed by atoms with van der Waals surface area (Å²) >= 11 is 0. The van der Waals surface area contributed by atoms with E-state index in [1.807, 2.05) is 0 Å². The molecule has 0 saturated carbocycles. The van der Waals surface area contributed by atoms with Gasteiger partial charge in [0.05, 0.1) is 0 Å². The van der Waals surface area contributed by atoms with Gasteiger partial charge in [0.15, 0.2) is 0 Å². The lowest BCUT2D eigenvalue weighted by Gasteiger charge is -2.36. The van der Waals surface area contributed by atoms with Crippen molar-refractivity contribution in [3.8, 4) is 0 Å². The monoisotopic (exact) mass is 321 g/mol. The average Bonchev–Trinajstić information content (AvgIpc) is 3.08. The molecule has 3 nitrogen and oxygen atoms in total. The van der Waals surface area contributed by atoms with Crippen LogP contribution in [0.15, 0.2) is 42.5 Å². The van der Waals surface area contributed by atoms with Crippen molar-refractivity contribution in [2.75, 3.05) is 49.5 Å². The first-order valence-corrected chi connectivity index (χ1v) is 9.17. The van der Waals surface area contributed by atoms with Crippen LogP contribution < -0.4 is 10.2 Å². The Hall–Kier alpha value is -2.00. The Labute approximate surface area is 145 Å². The lowest BCUT2D eigenvalue weighted by Crippen LogP contribution is -2.47. The van der Waals surface area contributed by atoms with Gasteiger partial charge in [-0.2, -0.15) is 0 Å². The van der Waals surface area contributed by atoms with Crippen molar-refractivity contribution >= 4 is 11.4 Å². The highest BCUT2D eigenvalue weighted by molar-refractivity contribution is 5.56. The largest absolute Gasteiger partial charge is 0.384 e. The molecule has 0 spiro atoms. The highest BCUT2D eigenvalue weighted by Crippen LogP contribution is 2.23. The summed E-state index contributed by atoms with van der Waals surface area (Å²) in [4.78, 5) is 5.13. The van der Waals surface area contributed by atoms with E-state index in [1.165, 1.54) is 54.1 Å². The summed E-state index contributed by atoms with van der Waals surface area (Å²) in [5, 5.41) is 3.44. The first-order valence-electron chi connectivity index (χ1n) is 9.17. The fraction of sp³-hybridized carbons (Fsp3) is 0.429. The van der Waals surface area contributed by atoms with Crippen molar-refractivity contribution in [1.29, 1.82) is 0 Å². The molecule has 1 N–H and O–H groups in total. The smallest absolute Gasteiger partial charge is 0.0373 e. The SMILES string of the molecule is Cc1cccc(N2CCN(CCc3ccc4c(c3)CCN4)CC2)c1. The third-order valence-electron chi connectivity index (χ3n) is 5.34. The fourth-order valence-electron chi connectivity index (χ4n) is 3.86. The molecular formula is C21H27N3. The van der Waals surface area contributed by atoms with Crippen molar-refractivity contribution in [2.24, 2.45) is 0 Å². The molecule has 126 valence electrons. The fourth-order valence-corrected chi connectivity index (χ4v) is 3.86. The quantitative estimate of drug-likeness (QED) is 0.932. The Kier molecular flexibility index (Phi) is 4.44. The molecule has 0 radical (unpaired) electrons. The molecule has 2 heterocycles. The Morgan fingerprint density at radius 2 is 1.88 bits per heavy atom. The van der Waals surface area contributed by atoms with E-state index in [9.17, 15) is 0 Å². The van der Waals surface area contributed by atoms with Gasteiger partial charge < -0.3 is 10.2 Å². The zero-order valence-electron chi connectivity index (χ0n) is 14.6. The molecule has 2 aromatic carbocycles. The van der Waals surface area contributed by atoms with Gasteiger partial charge in [0.25, 0.3) is 0 Å². The van der Waals surface area contributed by atoms with Crippen molar-refractivity contribution < 1.29 is 0 Å². The summed E-state index contributed by atoms with van der Waals surface area (Å²) in [6.45, 7) is 9.05. The molecule has 0 bridgehead atoms. The van der Waals surface area contributed by atoms with Crippen LogP contribution in [0.1, 0.15) is 16.7 Å². The van der Waals surface area contributed by atoms with Crippen LogP contribution in [0.2, 0.25) is 0 Å². The number of hydrogen-bond donors (Lipinski definition) is 1. The minimum absolute atomic E-state index is 1.10. The van der Waals surface area contributed by atoms with Crippen LogP contribution in [-0.2, 0) is 12.8 Å². The van der Waals surface area contributed by atoms with E-state index in [1.54, 1.807) is 0 Å². The number of hydrogen-bond acceptors (Lipinski definition) is 3. The van der Waals surface area contributed by atoms with E-state index in [2.05, 4.69) is 64.5 Å². The molecule has 0 atom stereocenters. The van der Waals surface area contributed by atoms with Crippen LogP contribution in [0.3, 0.4) is 0 Å². The van der Waals surface area contributed by atoms with Gasteiger partial charge in [0.2, 0.25) is 0 Å². The zero-order chi connectivity index (χ0) is 16.4. The van der Waals surface area contributed by atoms with Crippen LogP contribution in [0.25, 0.3) is 0 Å². The molecule has 0 unspecified atom stereocenters. The summed E-state index contributed by atoms with van der Waals surface area (Å²) in [6.07, 6.45) is 2.34. The Morgan fingerprint density at radius 1 is 1.00 bits per heavy atom. The van der Waals surface area contributed by atoms with E-state index in [-0.39, 0.29) is 0 Å². The number of rotatable bonds is 4. The second kappa shape index (κ2) is 6.86. The standard InChI is InChI=1S/C21H27N3/c1-17-3-2-4-20(15-17)24-13-11-23(12-14-24)10-8-18-5-6-21-19(16-18)7-9-22-21/h2-6,15-16,22H,7-14H2,1H3. The number of piperazine rings is 1. The summed E-state index contributed by atoms with van der Waals surface area (Å²) in [7, 11) is 0. The number of anilines is 2. The van der Waals surface area contributed by atoms with Gasteiger partial charge >= 0.3 is 0 Å². The number of nitrogens with one attached hydrogen (secondary N) is 1. The predicted molar refractivity (Wildman–Crippen MR) is 102 cm³/mol. The third-order valence-corrected chi connectivity index (χ3v) is 5.34. The van der Waals surface area contributed by atoms with Crippen LogP contribution in [0, 0.1) is 6.92 Å². The molecular weight excluding hydrogens is 294 g/mol. The minimum Gasteiger partial charge on any atom is -0.384 e. The first kappa shape index (κ1) is 15.5. The predicted octanol–water partition coefficient (Wildman–Crippen LogP) is 3.33. The van der Waals surface area contributed by atoms with E-state index >= 15 is 0 Å². The van der Waals surface area contributed by atoms with Gasteiger partial charge in [-0.25, -0.2) is 0 Å². The maximum Gasteiger partial charge on any atom is 0.0373 e. The maximum absolute atomic E-state index is 3.44. The van der Waals surface area contributed by atoms with E-state index in [0.717, 1.165) is 26.1 Å². The molecule has 0 aliphatic carbocycles. The van der Waals surface area contributed by atoms with Crippen LogP contribution in [0.5, 0.6) is 0 Å². The highest BCUT2D eigenvalue weighted by atomic mass is 15.3. The van der Waals surface area contributed by atoms with Crippen LogP contribution >= 0.6 is 0 Å². The van der Waals surface area contributed by atoms with E-state index in [0.29, 0.717) is 0 Å². The minimum atomic E-state index is 1.10. The zero-order valence-corrected chi connectivity index (χ0v) is 14.6. The van der Waals surface area contributed by atoms with Gasteiger partial charge in [-0.05, 0) is 54.7 Å². The Balaban J connectivity index is 1.29. The molecule has 2 aliphatic rings. The van der Waals surface area contributed by atoms with Crippen molar-refractivity contribution in [1.82, 2.24) is 4.90 Å². The lowest BCUT2D eigenvalue weighted by atomic mass is 10.1. The molecule has 2 aromatic rings. The highest BCUT2D eigenvalue weighted by Gasteiger charge is 2.17. The van der Waals surface area contributed by atoms with Crippen LogP contribution in [-0.4, -0.2) is 44.2 Å². The number of benzene rings is 2. The van der Waals surface area contributed by atoms with Crippen LogP contribution in [0.4, 0.5) is 11.4 Å². The molecule has 2 aliphatic heterocycles. The molecule has 24 heavy (non-hydrogen) atoms. The molecule has 4 rings (SSSR count). The van der Waals surface area contributed by atoms with Gasteiger partial charge in [-0.3, -0.25) is 4.90 Å². The van der Waals surface area contributed by atoms with Crippen molar-refractivity contribution in [3.63, 3.8) is 0 Å². The average molecular weight is 321 g/mol. The normalized spacial score (nSPS) is 17.6. The van der Waals surface area contributed by atoms with Crippen molar-refractivity contribution in [2.45, 2.75) is 19.8 Å². The second-order valence-electron chi connectivity index (χ2n) is 7.09. The van der Waals surface area contributed by atoms with E-state index in [4.69, 9.17) is 0 Å². The maximum atomic E-state index is 3.44. The van der Waals surface area contributed by atoms with Gasteiger partial charge in [-0.1, -0.05) is 24.3 Å². The van der Waals surface area contributed by atoms with Gasteiger partial charge in [0.1, 0.15) is 0 Å². The summed E-state index contributed by atoms with van der Waals surface area (Å²) in [6, 6.07) is 15.8. The third kappa shape index (κ3) is 3.41. The Bertz CT molecular complexity index is 702. The topological polar surface area (TPSA) is 18.5 Å². The van der Waals surface area contributed by atoms with Gasteiger partial charge in [-0.15, -0.1) is 0 Å². The molecule has 0 aromatic heterocycles. The lowest BCUT2D eigenvalue weighted by molar-refractivity contribution is 0.261. The molecule has 1 fully saturated rings. The summed E-state index contributed by atoms with van der Waals surface area (Å²) in [5.74, 6) is 0. The van der Waals surface area contributed by atoms with E-state index < -0.39 is 0 Å². The molecule has 0 amide bonds. The summed E-state index contributed by atoms with van der Waals surface area (Å²) < 4.78 is 0. The molecule has 1 saturated heterocycles. The Morgan fingerprint density at radius 3 is 2.71 bits per heavy atom. The second-order valence-corrected chi connectivity index (χ2v) is 7.09. The first-order chi connectivity index (χ1) is 11.8. The number of nitrogens with zero attached hydrogens (tertiary/aromatic N) is 2.